The van der Waals surface area contributed by atoms with Gasteiger partial charge in [-0.3, -0.25) is 5.32 Å². The van der Waals surface area contributed by atoms with Crippen molar-refractivity contribution in [3.8, 4) is 0 Å². The van der Waals surface area contributed by atoms with Crippen molar-refractivity contribution in [3.05, 3.63) is 35.4 Å². The number of nitrogens with one attached hydrogen (secondary N) is 1. The fourth-order valence-corrected chi connectivity index (χ4v) is 1.94. The fourth-order valence-electron chi connectivity index (χ4n) is 1.94. The van der Waals surface area contributed by atoms with Gasteiger partial charge in [0.1, 0.15) is 5.54 Å². The molecule has 0 spiro atoms. The highest BCUT2D eigenvalue weighted by Gasteiger charge is 2.40. The minimum Gasteiger partial charge on any atom is -0.467 e. The van der Waals surface area contributed by atoms with Crippen LogP contribution in [-0.2, 0) is 15.1 Å². The molecule has 1 aromatic rings. The summed E-state index contributed by atoms with van der Waals surface area (Å²) in [5.41, 5.74) is -1.48. The highest BCUT2D eigenvalue weighted by molar-refractivity contribution is 5.82. The van der Waals surface area contributed by atoms with E-state index in [1.807, 2.05) is 13.8 Å². The second kappa shape index (κ2) is 6.10. The number of carbonyl (C=O) groups is 1. The molecule has 0 aromatic heterocycles. The summed E-state index contributed by atoms with van der Waals surface area (Å²) in [6, 6.07) is 3.71. The molecular formula is C14H19F2NO2. The Balaban J connectivity index is 3.31. The quantitative estimate of drug-likeness (QED) is 0.837. The summed E-state index contributed by atoms with van der Waals surface area (Å²) >= 11 is 0. The Hall–Kier alpha value is -1.49. The highest BCUT2D eigenvalue weighted by Crippen LogP contribution is 2.27. The van der Waals surface area contributed by atoms with Gasteiger partial charge in [0, 0.05) is 11.6 Å². The van der Waals surface area contributed by atoms with Crippen LogP contribution in [0.25, 0.3) is 0 Å². The minimum atomic E-state index is -1.42. The molecule has 0 radical (unpaired) electrons. The van der Waals surface area contributed by atoms with Crippen molar-refractivity contribution in [1.29, 1.82) is 0 Å². The van der Waals surface area contributed by atoms with Crippen LogP contribution in [0.2, 0.25) is 0 Å². The summed E-state index contributed by atoms with van der Waals surface area (Å²) in [5.74, 6) is -2.68. The molecule has 0 aliphatic carbocycles. The van der Waals surface area contributed by atoms with E-state index in [9.17, 15) is 13.6 Å². The number of hydrogen-bond acceptors (Lipinski definition) is 3. The van der Waals surface area contributed by atoms with E-state index in [2.05, 4.69) is 5.32 Å². The Bertz CT molecular complexity index is 465. The average Bonchev–Trinajstić information content (AvgIpc) is 2.40. The maximum absolute atomic E-state index is 13.9. The van der Waals surface area contributed by atoms with Crippen LogP contribution >= 0.6 is 0 Å². The van der Waals surface area contributed by atoms with Gasteiger partial charge in [0.05, 0.1) is 7.11 Å². The predicted octanol–water partition coefficient (Wildman–Crippen LogP) is 2.74. The third-order valence-electron chi connectivity index (χ3n) is 3.23. The van der Waals surface area contributed by atoms with E-state index >= 15 is 0 Å². The predicted molar refractivity (Wildman–Crippen MR) is 68.6 cm³/mol. The Morgan fingerprint density at radius 1 is 1.47 bits per heavy atom. The van der Waals surface area contributed by atoms with Crippen LogP contribution in [0.3, 0.4) is 0 Å². The number of rotatable bonds is 5. The SMILES string of the molecule is CCC(C)NC(C)(C(=O)OC)c1cccc(F)c1F. The molecule has 3 nitrogen and oxygen atoms in total. The number of benzene rings is 1. The largest absolute Gasteiger partial charge is 0.467 e. The summed E-state index contributed by atoms with van der Waals surface area (Å²) in [7, 11) is 1.22. The Morgan fingerprint density at radius 2 is 2.11 bits per heavy atom. The van der Waals surface area contributed by atoms with Gasteiger partial charge in [-0.25, -0.2) is 13.6 Å². The first kappa shape index (κ1) is 15.6. The number of hydrogen-bond donors (Lipinski definition) is 1. The summed E-state index contributed by atoms with van der Waals surface area (Å²) in [6.45, 7) is 5.28. The van der Waals surface area contributed by atoms with E-state index < -0.39 is 23.1 Å². The molecule has 19 heavy (non-hydrogen) atoms. The first-order valence-corrected chi connectivity index (χ1v) is 6.17. The molecule has 1 rings (SSSR count). The topological polar surface area (TPSA) is 38.3 Å². The van der Waals surface area contributed by atoms with Crippen LogP contribution in [0.1, 0.15) is 32.8 Å². The number of ether oxygens (including phenoxy) is 1. The summed E-state index contributed by atoms with van der Waals surface area (Å²) in [4.78, 5) is 12.0. The van der Waals surface area contributed by atoms with Gasteiger partial charge in [0.2, 0.25) is 0 Å². The lowest BCUT2D eigenvalue weighted by Crippen LogP contribution is -2.51. The molecule has 0 fully saturated rings. The molecule has 0 amide bonds. The minimum absolute atomic E-state index is 0.0493. The monoisotopic (exact) mass is 271 g/mol. The van der Waals surface area contributed by atoms with Crippen LogP contribution in [-0.4, -0.2) is 19.1 Å². The molecule has 0 bridgehead atoms. The molecule has 2 atom stereocenters. The van der Waals surface area contributed by atoms with E-state index in [0.717, 1.165) is 12.5 Å². The van der Waals surface area contributed by atoms with Crippen LogP contribution in [0.15, 0.2) is 18.2 Å². The van der Waals surface area contributed by atoms with E-state index in [1.54, 1.807) is 0 Å². The second-order valence-electron chi connectivity index (χ2n) is 4.67. The molecule has 0 heterocycles. The third-order valence-corrected chi connectivity index (χ3v) is 3.23. The molecule has 5 heteroatoms. The van der Waals surface area contributed by atoms with Crippen molar-refractivity contribution < 1.29 is 18.3 Å². The van der Waals surface area contributed by atoms with Gasteiger partial charge in [0.25, 0.3) is 0 Å². The zero-order valence-electron chi connectivity index (χ0n) is 11.6. The average molecular weight is 271 g/mol. The maximum Gasteiger partial charge on any atom is 0.330 e. The Labute approximate surface area is 112 Å². The summed E-state index contributed by atoms with van der Waals surface area (Å²) < 4.78 is 32.0. The van der Waals surface area contributed by atoms with Gasteiger partial charge in [-0.2, -0.15) is 0 Å². The molecule has 0 saturated carbocycles. The Morgan fingerprint density at radius 3 is 2.63 bits per heavy atom. The lowest BCUT2D eigenvalue weighted by atomic mass is 9.90. The number of halogens is 2. The van der Waals surface area contributed by atoms with Crippen molar-refractivity contribution in [2.75, 3.05) is 7.11 Å². The van der Waals surface area contributed by atoms with Crippen molar-refractivity contribution in [2.45, 2.75) is 38.8 Å². The standard InChI is InChI=1S/C14H19F2NO2/c1-5-9(2)17-14(3,13(18)19-4)10-7-6-8-11(15)12(10)16/h6-9,17H,5H2,1-4H3. The molecule has 2 unspecified atom stereocenters. The van der Waals surface area contributed by atoms with E-state index in [-0.39, 0.29) is 11.6 Å². The number of methoxy groups -OCH3 is 1. The van der Waals surface area contributed by atoms with Crippen LogP contribution in [0.4, 0.5) is 8.78 Å². The molecular weight excluding hydrogens is 252 g/mol. The van der Waals surface area contributed by atoms with Crippen LogP contribution < -0.4 is 5.32 Å². The molecule has 1 aromatic carbocycles. The van der Waals surface area contributed by atoms with Crippen molar-refractivity contribution >= 4 is 5.97 Å². The highest BCUT2D eigenvalue weighted by atomic mass is 19.2. The molecule has 1 N–H and O–H groups in total. The van der Waals surface area contributed by atoms with Gasteiger partial charge in [-0.15, -0.1) is 0 Å². The maximum atomic E-state index is 13.9. The molecule has 0 aliphatic heterocycles. The van der Waals surface area contributed by atoms with Gasteiger partial charge in [-0.1, -0.05) is 19.1 Å². The molecule has 0 saturated heterocycles. The van der Waals surface area contributed by atoms with Crippen LogP contribution in [0.5, 0.6) is 0 Å². The van der Waals surface area contributed by atoms with E-state index in [4.69, 9.17) is 4.74 Å². The van der Waals surface area contributed by atoms with E-state index in [0.29, 0.717) is 0 Å². The van der Waals surface area contributed by atoms with Gasteiger partial charge < -0.3 is 4.74 Å². The zero-order chi connectivity index (χ0) is 14.6. The molecule has 0 aliphatic rings. The van der Waals surface area contributed by atoms with E-state index in [1.165, 1.54) is 26.2 Å². The zero-order valence-corrected chi connectivity index (χ0v) is 11.6. The summed E-state index contributed by atoms with van der Waals surface area (Å²) in [5, 5.41) is 3.00. The Kier molecular flexibility index (Phi) is 5.00. The van der Waals surface area contributed by atoms with Gasteiger partial charge in [-0.05, 0) is 26.3 Å². The van der Waals surface area contributed by atoms with Crippen molar-refractivity contribution in [1.82, 2.24) is 5.32 Å². The number of carbonyl (C=O) groups excluding carboxylic acids is 1. The van der Waals surface area contributed by atoms with Crippen molar-refractivity contribution in [3.63, 3.8) is 0 Å². The van der Waals surface area contributed by atoms with Gasteiger partial charge in [0.15, 0.2) is 11.6 Å². The van der Waals surface area contributed by atoms with Crippen molar-refractivity contribution in [2.24, 2.45) is 0 Å². The van der Waals surface area contributed by atoms with Crippen LogP contribution in [0, 0.1) is 11.6 Å². The fraction of sp³-hybridized carbons (Fsp3) is 0.500. The smallest absolute Gasteiger partial charge is 0.330 e. The normalized spacial score (nSPS) is 15.7. The third kappa shape index (κ3) is 3.10. The lowest BCUT2D eigenvalue weighted by Gasteiger charge is -2.31. The lowest BCUT2D eigenvalue weighted by molar-refractivity contribution is -0.148. The summed E-state index contributed by atoms with van der Waals surface area (Å²) in [6.07, 6.45) is 0.740. The molecule has 106 valence electrons. The van der Waals surface area contributed by atoms with Gasteiger partial charge >= 0.3 is 5.97 Å². The first-order chi connectivity index (χ1) is 8.86. The number of esters is 1. The first-order valence-electron chi connectivity index (χ1n) is 6.17. The second-order valence-corrected chi connectivity index (χ2v) is 4.67.